The average molecular weight is 735 g/mol. The molecule has 0 amide bonds. The molecule has 0 radical (unpaired) electrons. The molecule has 10 heteroatoms. The summed E-state index contributed by atoms with van der Waals surface area (Å²) in [5, 5.41) is 47.1. The molecule has 0 saturated carbocycles. The monoisotopic (exact) mass is 734 g/mol. The molecule has 0 heterocycles. The van der Waals surface area contributed by atoms with Crippen LogP contribution in [0.3, 0.4) is 0 Å². The molecule has 4 N–H and O–H groups in total. The summed E-state index contributed by atoms with van der Waals surface area (Å²) in [7, 11) is 0. The molecule has 0 bridgehead atoms. The van der Waals surface area contributed by atoms with E-state index in [2.05, 4.69) is 0 Å². The second kappa shape index (κ2) is 14.2. The maximum Gasteiger partial charge on any atom is 0.230 e. The number of phenolic OH excluding ortho intramolecular Hbond substituents is 4. The van der Waals surface area contributed by atoms with Gasteiger partial charge in [-0.05, 0) is 49.9 Å². The van der Waals surface area contributed by atoms with Gasteiger partial charge in [-0.2, -0.15) is 0 Å². The predicted molar refractivity (Wildman–Crippen MR) is 210 cm³/mol. The first-order chi connectivity index (χ1) is 24.7. The number of fused-ring (bicyclic) bond motifs is 2. The number of hydrogen-bond acceptors (Lipinski definition) is 10. The number of rotatable bonds is 9. The highest BCUT2D eigenvalue weighted by Gasteiger charge is 2.34. The Morgan fingerprint density at radius 3 is 1.52 bits per heavy atom. The molecule has 266 valence electrons. The molecule has 4 aromatic rings. The zero-order chi connectivity index (χ0) is 37.8. The molecule has 0 spiro atoms. The number of phenols is 4. The molecule has 6 rings (SSSR count). The second-order valence-corrected chi connectivity index (χ2v) is 15.6. The van der Waals surface area contributed by atoms with E-state index in [0.29, 0.717) is 0 Å². The average Bonchev–Trinajstić information content (AvgIpc) is 3.12. The Morgan fingerprint density at radius 2 is 1.00 bits per heavy atom. The van der Waals surface area contributed by atoms with Crippen molar-refractivity contribution in [1.29, 1.82) is 0 Å². The Bertz CT molecular complexity index is 2550. The zero-order valence-corrected chi connectivity index (χ0v) is 31.2. The molecule has 0 aromatic heterocycles. The van der Waals surface area contributed by atoms with Gasteiger partial charge in [0.25, 0.3) is 0 Å². The van der Waals surface area contributed by atoms with E-state index in [-0.39, 0.29) is 83.7 Å². The van der Waals surface area contributed by atoms with Gasteiger partial charge >= 0.3 is 0 Å². The predicted octanol–water partition coefficient (Wildman–Crippen LogP) is 8.20. The van der Waals surface area contributed by atoms with E-state index in [1.807, 2.05) is 60.7 Å². The smallest absolute Gasteiger partial charge is 0.230 e. The minimum absolute atomic E-state index is 0.0222. The Labute approximate surface area is 308 Å². The molecular formula is C42H38O8S2. The first-order valence-electron chi connectivity index (χ1n) is 16.9. The summed E-state index contributed by atoms with van der Waals surface area (Å²) in [6.45, 7) is 9.82. The Hall–Kier alpha value is -5.06. The molecule has 2 aliphatic carbocycles. The van der Waals surface area contributed by atoms with Crippen LogP contribution in [0.25, 0.3) is 33.0 Å². The van der Waals surface area contributed by atoms with Crippen molar-refractivity contribution in [2.75, 3.05) is 0 Å². The van der Waals surface area contributed by atoms with Gasteiger partial charge in [0.15, 0.2) is 22.4 Å². The lowest BCUT2D eigenvalue weighted by molar-refractivity contribution is 0.395. The summed E-state index contributed by atoms with van der Waals surface area (Å²) in [5.41, 5.74) is -3.53. The summed E-state index contributed by atoms with van der Waals surface area (Å²) >= 11 is 2.57. The SMILES string of the molecule is Cc1c(-c2c(C)c(=O)c3c(C(C)C)c(=O)c(=O)c(CSc4ccccc4)c-3c2=O)c(O)c2c(CSc3ccccc3)c(O)c(O)c(C(C)C)c2c1O. The molecule has 0 fully saturated rings. The normalized spacial score (nSPS) is 11.8. The van der Waals surface area contributed by atoms with Crippen molar-refractivity contribution < 1.29 is 20.4 Å². The first kappa shape index (κ1) is 36.7. The highest BCUT2D eigenvalue weighted by Crippen LogP contribution is 2.54. The van der Waals surface area contributed by atoms with Crippen molar-refractivity contribution in [2.45, 2.75) is 74.7 Å². The van der Waals surface area contributed by atoms with Crippen LogP contribution in [0.4, 0.5) is 0 Å². The quantitative estimate of drug-likeness (QED) is 0.0496. The third-order valence-corrected chi connectivity index (χ3v) is 11.7. The Kier molecular flexibility index (Phi) is 10.0. The van der Waals surface area contributed by atoms with Gasteiger partial charge in [-0.15, -0.1) is 23.5 Å². The van der Waals surface area contributed by atoms with E-state index in [1.165, 1.54) is 37.4 Å². The fraction of sp³-hybridized carbons (Fsp3) is 0.238. The first-order valence-corrected chi connectivity index (χ1v) is 18.8. The fourth-order valence-electron chi connectivity index (χ4n) is 7.11. The van der Waals surface area contributed by atoms with E-state index in [0.717, 1.165) is 9.79 Å². The fourth-order valence-corrected chi connectivity index (χ4v) is 8.98. The van der Waals surface area contributed by atoms with Crippen molar-refractivity contribution in [3.05, 3.63) is 135 Å². The van der Waals surface area contributed by atoms with Gasteiger partial charge in [-0.25, -0.2) is 0 Å². The highest BCUT2D eigenvalue weighted by molar-refractivity contribution is 7.98. The third kappa shape index (κ3) is 5.93. The van der Waals surface area contributed by atoms with Crippen molar-refractivity contribution in [1.82, 2.24) is 0 Å². The molecular weight excluding hydrogens is 697 g/mol. The van der Waals surface area contributed by atoms with Crippen molar-refractivity contribution in [3.8, 4) is 45.3 Å². The molecule has 0 saturated heterocycles. The lowest BCUT2D eigenvalue weighted by atomic mass is 9.80. The minimum atomic E-state index is -0.865. The van der Waals surface area contributed by atoms with E-state index < -0.39 is 50.8 Å². The highest BCUT2D eigenvalue weighted by atomic mass is 32.2. The standard InChI is InChI=1S/C42H38O8S2/c1-19(2)27-33-31(25(37(45)41(27)49)17-51-23-13-9-7-10-14-23)39(47)29(21(5)35(33)43)30-22(6)36(44)34-28(20(3)4)42(50)38(46)26(32(34)40(30)48)18-52-24-15-11-8-12-16-24/h7-16,19-20,43,45,47,49H,17-18H2,1-6H3. The maximum atomic E-state index is 14.9. The molecule has 0 aliphatic heterocycles. The molecule has 0 atom stereocenters. The van der Waals surface area contributed by atoms with E-state index in [4.69, 9.17) is 0 Å². The largest absolute Gasteiger partial charge is 0.507 e. The molecule has 2 aliphatic rings. The van der Waals surface area contributed by atoms with Crippen molar-refractivity contribution >= 4 is 34.3 Å². The van der Waals surface area contributed by atoms with Gasteiger partial charge < -0.3 is 20.4 Å². The van der Waals surface area contributed by atoms with Crippen LogP contribution in [0.5, 0.6) is 23.0 Å². The molecule has 0 unspecified atom stereocenters. The van der Waals surface area contributed by atoms with Gasteiger partial charge in [0.05, 0.1) is 0 Å². The van der Waals surface area contributed by atoms with Crippen LogP contribution in [0.1, 0.15) is 72.9 Å². The van der Waals surface area contributed by atoms with E-state index >= 15 is 0 Å². The number of thioether (sulfide) groups is 2. The summed E-state index contributed by atoms with van der Waals surface area (Å²) < 4.78 is 0. The van der Waals surface area contributed by atoms with Gasteiger partial charge in [-0.1, -0.05) is 64.1 Å². The van der Waals surface area contributed by atoms with Crippen LogP contribution in [0.15, 0.2) is 89.6 Å². The summed E-state index contributed by atoms with van der Waals surface area (Å²) in [5.74, 6) is -2.70. The summed E-state index contributed by atoms with van der Waals surface area (Å²) in [4.78, 5) is 58.3. The van der Waals surface area contributed by atoms with Crippen LogP contribution in [-0.4, -0.2) is 20.4 Å². The zero-order valence-electron chi connectivity index (χ0n) is 29.6. The molecule has 4 aromatic carbocycles. The minimum Gasteiger partial charge on any atom is -0.507 e. The lowest BCUT2D eigenvalue weighted by Gasteiger charge is -2.24. The van der Waals surface area contributed by atoms with E-state index in [1.54, 1.807) is 27.7 Å². The lowest BCUT2D eigenvalue weighted by Crippen LogP contribution is -2.38. The van der Waals surface area contributed by atoms with Gasteiger partial charge in [0.1, 0.15) is 11.5 Å². The van der Waals surface area contributed by atoms with Crippen LogP contribution >= 0.6 is 23.5 Å². The number of hydrogen-bond donors (Lipinski definition) is 4. The van der Waals surface area contributed by atoms with E-state index in [9.17, 15) is 39.6 Å². The van der Waals surface area contributed by atoms with Crippen molar-refractivity contribution in [2.24, 2.45) is 0 Å². The van der Waals surface area contributed by atoms with Gasteiger partial charge in [0.2, 0.25) is 10.9 Å². The molecule has 8 nitrogen and oxygen atoms in total. The Morgan fingerprint density at radius 1 is 0.481 bits per heavy atom. The summed E-state index contributed by atoms with van der Waals surface area (Å²) in [6, 6.07) is 18.4. The van der Waals surface area contributed by atoms with Crippen LogP contribution in [0.2, 0.25) is 0 Å². The summed E-state index contributed by atoms with van der Waals surface area (Å²) in [6.07, 6.45) is 0. The van der Waals surface area contributed by atoms with Crippen LogP contribution in [-0.2, 0) is 11.5 Å². The third-order valence-electron chi connectivity index (χ3n) is 9.63. The van der Waals surface area contributed by atoms with Crippen LogP contribution in [0, 0.1) is 13.8 Å². The van der Waals surface area contributed by atoms with Crippen LogP contribution < -0.4 is 21.7 Å². The van der Waals surface area contributed by atoms with Gasteiger partial charge in [-0.3, -0.25) is 19.2 Å². The van der Waals surface area contributed by atoms with Gasteiger partial charge in [0, 0.05) is 87.7 Å². The topological polar surface area (TPSA) is 149 Å². The second-order valence-electron chi connectivity index (χ2n) is 13.5. The Balaban J connectivity index is 1.74. The maximum absolute atomic E-state index is 14.9. The van der Waals surface area contributed by atoms with Crippen molar-refractivity contribution in [3.63, 3.8) is 0 Å². The number of benzene rings is 6. The number of aromatic hydroxyl groups is 4. The molecule has 52 heavy (non-hydrogen) atoms.